The second-order valence-corrected chi connectivity index (χ2v) is 5.19. The zero-order valence-corrected chi connectivity index (χ0v) is 12.2. The molecule has 5 nitrogen and oxygen atoms in total. The molecule has 0 aliphatic rings. The lowest BCUT2D eigenvalue weighted by Crippen LogP contribution is -2.31. The number of aliphatic hydroxyl groups excluding tert-OH is 2. The maximum absolute atomic E-state index is 13.9. The Kier molecular flexibility index (Phi) is 5.06. The average molecular weight is 293 g/mol. The molecule has 0 amide bonds. The van der Waals surface area contributed by atoms with Gasteiger partial charge in [0.05, 0.1) is 18.4 Å². The SMILES string of the molecule is CN(Cc1cn(C)nc1-c1ccccc1F)CC(O)CO. The topological polar surface area (TPSA) is 61.5 Å². The van der Waals surface area contributed by atoms with Crippen LogP contribution in [0.25, 0.3) is 11.3 Å². The number of likely N-dealkylation sites (N-methyl/N-ethyl adjacent to an activating group) is 1. The minimum Gasteiger partial charge on any atom is -0.394 e. The minimum atomic E-state index is -0.788. The van der Waals surface area contributed by atoms with E-state index >= 15 is 0 Å². The predicted octanol–water partition coefficient (Wildman–Crippen LogP) is 1.01. The fourth-order valence-electron chi connectivity index (χ4n) is 2.31. The number of halogens is 1. The summed E-state index contributed by atoms with van der Waals surface area (Å²) < 4.78 is 15.6. The molecule has 0 spiro atoms. The van der Waals surface area contributed by atoms with Crippen molar-refractivity contribution in [2.75, 3.05) is 20.2 Å². The number of aryl methyl sites for hydroxylation is 1. The smallest absolute Gasteiger partial charge is 0.132 e. The summed E-state index contributed by atoms with van der Waals surface area (Å²) in [7, 11) is 3.62. The van der Waals surface area contributed by atoms with Gasteiger partial charge in [0.25, 0.3) is 0 Å². The molecule has 0 fully saturated rings. The van der Waals surface area contributed by atoms with Crippen LogP contribution in [-0.4, -0.2) is 51.2 Å². The van der Waals surface area contributed by atoms with Crippen LogP contribution >= 0.6 is 0 Å². The average Bonchev–Trinajstić information content (AvgIpc) is 2.79. The fourth-order valence-corrected chi connectivity index (χ4v) is 2.31. The first kappa shape index (κ1) is 15.6. The van der Waals surface area contributed by atoms with Crippen LogP contribution in [0.4, 0.5) is 4.39 Å². The van der Waals surface area contributed by atoms with Crippen molar-refractivity contribution in [3.05, 3.63) is 41.8 Å². The van der Waals surface area contributed by atoms with Crippen molar-refractivity contribution in [2.24, 2.45) is 7.05 Å². The van der Waals surface area contributed by atoms with E-state index in [0.29, 0.717) is 24.3 Å². The number of hydrogen-bond donors (Lipinski definition) is 2. The zero-order valence-electron chi connectivity index (χ0n) is 12.2. The van der Waals surface area contributed by atoms with Gasteiger partial charge < -0.3 is 10.2 Å². The Morgan fingerprint density at radius 3 is 2.76 bits per heavy atom. The Balaban J connectivity index is 2.23. The first-order valence-electron chi connectivity index (χ1n) is 6.76. The van der Waals surface area contributed by atoms with Crippen molar-refractivity contribution in [1.29, 1.82) is 0 Å². The third-order valence-corrected chi connectivity index (χ3v) is 3.21. The Morgan fingerprint density at radius 1 is 1.38 bits per heavy atom. The van der Waals surface area contributed by atoms with E-state index in [2.05, 4.69) is 5.10 Å². The molecule has 21 heavy (non-hydrogen) atoms. The highest BCUT2D eigenvalue weighted by Gasteiger charge is 2.16. The number of rotatable bonds is 6. The molecule has 6 heteroatoms. The Labute approximate surface area is 123 Å². The van der Waals surface area contributed by atoms with E-state index in [0.717, 1.165) is 5.56 Å². The van der Waals surface area contributed by atoms with E-state index in [1.54, 1.807) is 29.9 Å². The summed E-state index contributed by atoms with van der Waals surface area (Å²) in [6.45, 7) is 0.564. The molecule has 1 unspecified atom stereocenters. The predicted molar refractivity (Wildman–Crippen MR) is 78.0 cm³/mol. The molecule has 114 valence electrons. The molecule has 0 saturated heterocycles. The summed E-state index contributed by atoms with van der Waals surface area (Å²) in [4.78, 5) is 1.86. The van der Waals surface area contributed by atoms with E-state index < -0.39 is 6.10 Å². The number of hydrogen-bond acceptors (Lipinski definition) is 4. The molecule has 1 aromatic heterocycles. The molecule has 1 aromatic carbocycles. The van der Waals surface area contributed by atoms with E-state index in [-0.39, 0.29) is 12.4 Å². The second kappa shape index (κ2) is 6.80. The monoisotopic (exact) mass is 293 g/mol. The van der Waals surface area contributed by atoms with Crippen LogP contribution in [0.15, 0.2) is 30.5 Å². The largest absolute Gasteiger partial charge is 0.394 e. The van der Waals surface area contributed by atoms with Crippen LogP contribution in [0, 0.1) is 5.82 Å². The molecule has 0 bridgehead atoms. The molecular weight excluding hydrogens is 273 g/mol. The number of aromatic nitrogens is 2. The van der Waals surface area contributed by atoms with Gasteiger partial charge in [-0.15, -0.1) is 0 Å². The second-order valence-electron chi connectivity index (χ2n) is 5.19. The van der Waals surface area contributed by atoms with Gasteiger partial charge >= 0.3 is 0 Å². The standard InChI is InChI=1S/C15H20FN3O2/c1-18(9-12(21)10-20)7-11-8-19(2)17-15(11)13-5-3-4-6-14(13)16/h3-6,8,12,20-21H,7,9-10H2,1-2H3. The molecule has 1 heterocycles. The normalized spacial score (nSPS) is 12.9. The summed E-state index contributed by atoms with van der Waals surface area (Å²) in [5.74, 6) is -0.310. The highest BCUT2D eigenvalue weighted by Crippen LogP contribution is 2.25. The summed E-state index contributed by atoms with van der Waals surface area (Å²) >= 11 is 0. The number of aliphatic hydroxyl groups is 2. The van der Waals surface area contributed by atoms with Gasteiger partial charge in [0, 0.05) is 37.5 Å². The summed E-state index contributed by atoms with van der Waals surface area (Å²) in [6.07, 6.45) is 1.05. The van der Waals surface area contributed by atoms with Crippen molar-refractivity contribution in [1.82, 2.24) is 14.7 Å². The highest BCUT2D eigenvalue weighted by atomic mass is 19.1. The zero-order chi connectivity index (χ0) is 15.4. The van der Waals surface area contributed by atoms with Crippen LogP contribution in [0.2, 0.25) is 0 Å². The van der Waals surface area contributed by atoms with E-state index in [1.807, 2.05) is 18.1 Å². The van der Waals surface area contributed by atoms with Gasteiger partial charge in [0.2, 0.25) is 0 Å². The quantitative estimate of drug-likeness (QED) is 0.834. The first-order valence-corrected chi connectivity index (χ1v) is 6.76. The van der Waals surface area contributed by atoms with Gasteiger partial charge in [-0.3, -0.25) is 9.58 Å². The lowest BCUT2D eigenvalue weighted by Gasteiger charge is -2.19. The Hall–Kier alpha value is -1.76. The molecule has 2 aromatic rings. The van der Waals surface area contributed by atoms with Crippen LogP contribution < -0.4 is 0 Å². The third kappa shape index (κ3) is 3.87. The molecule has 2 N–H and O–H groups in total. The van der Waals surface area contributed by atoms with Gasteiger partial charge in [0.1, 0.15) is 5.82 Å². The maximum atomic E-state index is 13.9. The molecule has 2 rings (SSSR count). The van der Waals surface area contributed by atoms with Crippen molar-refractivity contribution in [2.45, 2.75) is 12.6 Å². The fraction of sp³-hybridized carbons (Fsp3) is 0.400. The molecule has 0 aliphatic carbocycles. The van der Waals surface area contributed by atoms with E-state index in [4.69, 9.17) is 5.11 Å². The van der Waals surface area contributed by atoms with Crippen molar-refractivity contribution in [3.63, 3.8) is 0 Å². The Morgan fingerprint density at radius 2 is 2.10 bits per heavy atom. The highest BCUT2D eigenvalue weighted by molar-refractivity contribution is 5.63. The lowest BCUT2D eigenvalue weighted by molar-refractivity contribution is 0.0648. The maximum Gasteiger partial charge on any atom is 0.132 e. The minimum absolute atomic E-state index is 0.280. The van der Waals surface area contributed by atoms with Gasteiger partial charge in [-0.1, -0.05) is 12.1 Å². The summed E-state index contributed by atoms with van der Waals surface area (Å²) in [5.41, 5.74) is 1.93. The van der Waals surface area contributed by atoms with Crippen LogP contribution in [-0.2, 0) is 13.6 Å². The van der Waals surface area contributed by atoms with Gasteiger partial charge in [-0.25, -0.2) is 4.39 Å². The molecule has 0 aliphatic heterocycles. The molecule has 0 radical (unpaired) electrons. The molecular formula is C15H20FN3O2. The van der Waals surface area contributed by atoms with E-state index in [1.165, 1.54) is 6.07 Å². The lowest BCUT2D eigenvalue weighted by atomic mass is 10.1. The summed E-state index contributed by atoms with van der Waals surface area (Å²) in [6, 6.07) is 6.53. The van der Waals surface area contributed by atoms with Crippen molar-refractivity contribution < 1.29 is 14.6 Å². The van der Waals surface area contributed by atoms with Gasteiger partial charge in [-0.05, 0) is 19.2 Å². The van der Waals surface area contributed by atoms with Crippen molar-refractivity contribution in [3.8, 4) is 11.3 Å². The van der Waals surface area contributed by atoms with Gasteiger partial charge in [-0.2, -0.15) is 5.10 Å². The first-order chi connectivity index (χ1) is 10.0. The van der Waals surface area contributed by atoms with Gasteiger partial charge in [0.15, 0.2) is 0 Å². The molecule has 1 atom stereocenters. The summed E-state index contributed by atoms with van der Waals surface area (Å²) in [5, 5.41) is 22.7. The number of benzene rings is 1. The van der Waals surface area contributed by atoms with Crippen LogP contribution in [0.5, 0.6) is 0 Å². The van der Waals surface area contributed by atoms with Crippen LogP contribution in [0.3, 0.4) is 0 Å². The Bertz CT molecular complexity index is 600. The van der Waals surface area contributed by atoms with Crippen LogP contribution in [0.1, 0.15) is 5.56 Å². The molecule has 0 saturated carbocycles. The number of nitrogens with zero attached hydrogens (tertiary/aromatic N) is 3. The van der Waals surface area contributed by atoms with E-state index in [9.17, 15) is 9.50 Å². The van der Waals surface area contributed by atoms with Crippen molar-refractivity contribution >= 4 is 0 Å². The third-order valence-electron chi connectivity index (χ3n) is 3.21.